The summed E-state index contributed by atoms with van der Waals surface area (Å²) in [4.78, 5) is 37.6. The lowest BCUT2D eigenvalue weighted by Crippen LogP contribution is -2.37. The second-order valence-electron chi connectivity index (χ2n) is 4.29. The molecule has 0 unspecified atom stereocenters. The molecule has 0 aliphatic carbocycles. The van der Waals surface area contributed by atoms with Gasteiger partial charge in [-0.1, -0.05) is 0 Å². The van der Waals surface area contributed by atoms with Crippen molar-refractivity contribution >= 4 is 17.1 Å². The number of halogens is 3. The molecule has 0 radical (unpaired) electrons. The number of fused-ring (bicyclic) bond motifs is 1. The Bertz CT molecular complexity index is 858. The monoisotopic (exact) mass is 306 g/mol. The van der Waals surface area contributed by atoms with Crippen molar-refractivity contribution in [3.63, 3.8) is 0 Å². The van der Waals surface area contributed by atoms with Gasteiger partial charge in [0.25, 0.3) is 5.56 Å². The molecule has 0 saturated carbocycles. The van der Waals surface area contributed by atoms with E-state index < -0.39 is 46.9 Å². The number of hydrogen-bond acceptors (Lipinski definition) is 4. The highest BCUT2D eigenvalue weighted by molar-refractivity contribution is 5.75. The van der Waals surface area contributed by atoms with E-state index in [0.29, 0.717) is 4.57 Å². The normalized spacial score (nSPS) is 12.0. The number of carboxylic acids is 1. The van der Waals surface area contributed by atoms with Crippen molar-refractivity contribution in [1.29, 1.82) is 0 Å². The van der Waals surface area contributed by atoms with Crippen molar-refractivity contribution in [2.75, 3.05) is 0 Å². The molecule has 8 nitrogen and oxygen atoms in total. The fraction of sp³-hybridized carbons (Fsp3) is 0.400. The maximum atomic E-state index is 12.9. The van der Waals surface area contributed by atoms with Crippen molar-refractivity contribution in [3.05, 3.63) is 26.7 Å². The van der Waals surface area contributed by atoms with E-state index in [4.69, 9.17) is 5.11 Å². The molecule has 21 heavy (non-hydrogen) atoms. The fourth-order valence-electron chi connectivity index (χ4n) is 1.95. The zero-order valence-corrected chi connectivity index (χ0v) is 10.8. The number of carbonyl (C=O) groups is 1. The van der Waals surface area contributed by atoms with Gasteiger partial charge in [-0.2, -0.15) is 13.2 Å². The average Bonchev–Trinajstić information content (AvgIpc) is 2.72. The molecule has 0 aliphatic rings. The molecule has 2 heterocycles. The van der Waals surface area contributed by atoms with Crippen molar-refractivity contribution < 1.29 is 23.1 Å². The fourth-order valence-corrected chi connectivity index (χ4v) is 1.95. The Morgan fingerprint density at radius 3 is 2.29 bits per heavy atom. The van der Waals surface area contributed by atoms with Crippen LogP contribution in [0, 0.1) is 0 Å². The quantitative estimate of drug-likeness (QED) is 0.809. The third-order valence-corrected chi connectivity index (χ3v) is 2.89. The van der Waals surface area contributed by atoms with Crippen LogP contribution in [0.1, 0.15) is 5.82 Å². The van der Waals surface area contributed by atoms with Gasteiger partial charge >= 0.3 is 17.8 Å². The Kier molecular flexibility index (Phi) is 3.15. The van der Waals surface area contributed by atoms with Gasteiger partial charge in [-0.25, -0.2) is 9.78 Å². The van der Waals surface area contributed by atoms with Crippen LogP contribution in [0.3, 0.4) is 0 Å². The van der Waals surface area contributed by atoms with Crippen molar-refractivity contribution in [2.45, 2.75) is 12.7 Å². The van der Waals surface area contributed by atoms with Crippen molar-refractivity contribution in [3.8, 4) is 0 Å². The van der Waals surface area contributed by atoms with Gasteiger partial charge in [0.05, 0.1) is 0 Å². The molecule has 1 N–H and O–H groups in total. The number of nitrogens with zero attached hydrogens (tertiary/aromatic N) is 4. The lowest BCUT2D eigenvalue weighted by molar-refractivity contribution is -0.148. The van der Waals surface area contributed by atoms with Crippen LogP contribution >= 0.6 is 0 Å². The largest absolute Gasteiger partial charge is 0.480 e. The zero-order valence-electron chi connectivity index (χ0n) is 10.8. The number of hydrogen-bond donors (Lipinski definition) is 1. The summed E-state index contributed by atoms with van der Waals surface area (Å²) in [7, 11) is 2.22. The number of aliphatic carboxylic acids is 1. The van der Waals surface area contributed by atoms with Crippen LogP contribution in [0.25, 0.3) is 11.2 Å². The maximum absolute atomic E-state index is 12.9. The van der Waals surface area contributed by atoms with Crippen LogP contribution < -0.4 is 11.2 Å². The van der Waals surface area contributed by atoms with Gasteiger partial charge in [0.15, 0.2) is 11.2 Å². The average molecular weight is 306 g/mol. The van der Waals surface area contributed by atoms with E-state index in [9.17, 15) is 27.6 Å². The zero-order chi connectivity index (χ0) is 16.1. The minimum atomic E-state index is -4.96. The third kappa shape index (κ3) is 2.19. The van der Waals surface area contributed by atoms with E-state index in [1.165, 1.54) is 0 Å². The number of rotatable bonds is 2. The van der Waals surface area contributed by atoms with Crippen molar-refractivity contribution in [1.82, 2.24) is 18.7 Å². The molecule has 11 heteroatoms. The highest BCUT2D eigenvalue weighted by atomic mass is 19.4. The van der Waals surface area contributed by atoms with Gasteiger partial charge in [-0.3, -0.25) is 18.7 Å². The molecule has 0 saturated heterocycles. The van der Waals surface area contributed by atoms with Gasteiger partial charge in [0.2, 0.25) is 5.82 Å². The molecule has 0 atom stereocenters. The number of aryl methyl sites for hydroxylation is 1. The lowest BCUT2D eigenvalue weighted by Gasteiger charge is -2.08. The predicted octanol–water partition coefficient (Wildman–Crippen LogP) is -0.463. The maximum Gasteiger partial charge on any atom is 0.449 e. The van der Waals surface area contributed by atoms with Crippen LogP contribution in [0.4, 0.5) is 13.2 Å². The van der Waals surface area contributed by atoms with E-state index in [2.05, 4.69) is 4.98 Å². The Morgan fingerprint density at radius 1 is 1.24 bits per heavy atom. The second kappa shape index (κ2) is 4.46. The number of carboxylic acid groups (broad SMARTS) is 1. The first kappa shape index (κ1) is 14.8. The van der Waals surface area contributed by atoms with Crippen LogP contribution in [0.5, 0.6) is 0 Å². The lowest BCUT2D eigenvalue weighted by atomic mass is 10.4. The highest BCUT2D eigenvalue weighted by Gasteiger charge is 2.39. The molecular weight excluding hydrogens is 297 g/mol. The number of alkyl halides is 3. The SMILES string of the molecule is Cn1c(=O)c2c(nc(C(F)(F)F)n2CC(=O)O)n(C)c1=O. The summed E-state index contributed by atoms with van der Waals surface area (Å²) in [5.74, 6) is -3.12. The molecule has 114 valence electrons. The van der Waals surface area contributed by atoms with Gasteiger partial charge < -0.3 is 9.67 Å². The summed E-state index contributed by atoms with van der Waals surface area (Å²) in [6, 6.07) is 0. The third-order valence-electron chi connectivity index (χ3n) is 2.89. The van der Waals surface area contributed by atoms with E-state index in [1.54, 1.807) is 0 Å². The van der Waals surface area contributed by atoms with E-state index in [1.807, 2.05) is 0 Å². The first-order valence-electron chi connectivity index (χ1n) is 5.51. The van der Waals surface area contributed by atoms with E-state index >= 15 is 0 Å². The summed E-state index contributed by atoms with van der Waals surface area (Å²) in [5.41, 5.74) is -3.01. The van der Waals surface area contributed by atoms with Crippen LogP contribution in [0.15, 0.2) is 9.59 Å². The Balaban J connectivity index is 3.05. The minimum Gasteiger partial charge on any atom is -0.480 e. The topological polar surface area (TPSA) is 99.1 Å². The second-order valence-corrected chi connectivity index (χ2v) is 4.29. The smallest absolute Gasteiger partial charge is 0.449 e. The molecule has 2 rings (SSSR count). The minimum absolute atomic E-state index is 0.249. The Morgan fingerprint density at radius 2 is 1.81 bits per heavy atom. The van der Waals surface area contributed by atoms with Crippen LogP contribution in [-0.4, -0.2) is 29.8 Å². The molecule has 0 aliphatic heterocycles. The molecular formula is C10H9F3N4O4. The molecule has 2 aromatic rings. The summed E-state index contributed by atoms with van der Waals surface area (Å²) >= 11 is 0. The van der Waals surface area contributed by atoms with Gasteiger partial charge in [0, 0.05) is 14.1 Å². The number of aromatic nitrogens is 4. The summed E-state index contributed by atoms with van der Waals surface area (Å²) in [5, 5.41) is 8.73. The Labute approximate surface area is 113 Å². The Hall–Kier alpha value is -2.59. The van der Waals surface area contributed by atoms with Gasteiger partial charge in [-0.15, -0.1) is 0 Å². The van der Waals surface area contributed by atoms with Gasteiger partial charge in [0.1, 0.15) is 6.54 Å². The van der Waals surface area contributed by atoms with Gasteiger partial charge in [-0.05, 0) is 0 Å². The summed E-state index contributed by atoms with van der Waals surface area (Å²) < 4.78 is 40.4. The standard InChI is InChI=1S/C10H9F3N4O4/c1-15-6-5(7(20)16(2)9(15)21)17(3-4(18)19)8(14-6)10(11,12)13/h3H2,1-2H3,(H,18,19). The summed E-state index contributed by atoms with van der Waals surface area (Å²) in [6.45, 7) is -1.10. The highest BCUT2D eigenvalue weighted by Crippen LogP contribution is 2.30. The molecule has 0 aromatic carbocycles. The van der Waals surface area contributed by atoms with Crippen LogP contribution in [0.2, 0.25) is 0 Å². The molecule has 0 spiro atoms. The van der Waals surface area contributed by atoms with E-state index in [-0.39, 0.29) is 4.57 Å². The van der Waals surface area contributed by atoms with Crippen molar-refractivity contribution in [2.24, 2.45) is 14.1 Å². The predicted molar refractivity (Wildman–Crippen MR) is 62.9 cm³/mol. The summed E-state index contributed by atoms with van der Waals surface area (Å²) in [6.07, 6.45) is -4.96. The molecule has 0 fully saturated rings. The van der Waals surface area contributed by atoms with Crippen LogP contribution in [-0.2, 0) is 31.6 Å². The first-order valence-corrected chi connectivity index (χ1v) is 5.51. The molecule has 0 amide bonds. The molecule has 0 bridgehead atoms. The number of imidazole rings is 1. The molecule has 2 aromatic heterocycles. The first-order chi connectivity index (χ1) is 9.55. The van der Waals surface area contributed by atoms with E-state index in [0.717, 1.165) is 18.7 Å².